The predicted octanol–water partition coefficient (Wildman–Crippen LogP) is 2.17. The van der Waals surface area contributed by atoms with Crippen molar-refractivity contribution in [2.45, 2.75) is 12.8 Å². The number of nitrogens with zero attached hydrogens (tertiary/aromatic N) is 1. The molecule has 1 heterocycles. The Morgan fingerprint density at radius 2 is 2.25 bits per heavy atom. The van der Waals surface area contributed by atoms with Crippen LogP contribution in [0.3, 0.4) is 0 Å². The molecule has 62 valence electrons. The van der Waals surface area contributed by atoms with Gasteiger partial charge in [-0.05, 0) is 27.6 Å². The van der Waals surface area contributed by atoms with Crippen molar-refractivity contribution in [2.75, 3.05) is 0 Å². The molecule has 0 saturated carbocycles. The summed E-state index contributed by atoms with van der Waals surface area (Å²) in [6.45, 7) is 0. The van der Waals surface area contributed by atoms with E-state index in [4.69, 9.17) is 11.6 Å². The van der Waals surface area contributed by atoms with E-state index in [0.29, 0.717) is 22.5 Å². The molecule has 1 aliphatic rings. The molecule has 0 N–H and O–H groups in total. The maximum atomic E-state index is 11.0. The molecule has 1 aromatic rings. The minimum Gasteiger partial charge on any atom is -0.299 e. The maximum Gasteiger partial charge on any atom is 0.143 e. The van der Waals surface area contributed by atoms with Crippen LogP contribution in [0, 0.1) is 0 Å². The Hall–Kier alpha value is -0.410. The Labute approximate surface area is 83.1 Å². The smallest absolute Gasteiger partial charge is 0.143 e. The first-order chi connectivity index (χ1) is 5.66. The van der Waals surface area contributed by atoms with Crippen molar-refractivity contribution < 1.29 is 4.79 Å². The molecule has 0 amide bonds. The summed E-state index contributed by atoms with van der Waals surface area (Å²) in [6, 6.07) is 1.80. The normalized spacial score (nSPS) is 15.0. The van der Waals surface area contributed by atoms with Crippen LogP contribution in [-0.4, -0.2) is 10.8 Å². The number of pyridine rings is 1. The second kappa shape index (κ2) is 2.82. The van der Waals surface area contributed by atoms with Gasteiger partial charge in [-0.25, -0.2) is 4.98 Å². The molecule has 0 fully saturated rings. The fraction of sp³-hybridized carbons (Fsp3) is 0.250. The molecule has 0 aliphatic heterocycles. The van der Waals surface area contributed by atoms with E-state index < -0.39 is 0 Å². The summed E-state index contributed by atoms with van der Waals surface area (Å²) in [5, 5.41) is 0.573. The zero-order valence-electron chi connectivity index (χ0n) is 6.10. The molecular formula is C8H5BrClNO. The summed E-state index contributed by atoms with van der Waals surface area (Å²) in [4.78, 5) is 15.2. The van der Waals surface area contributed by atoms with Gasteiger partial charge in [-0.2, -0.15) is 0 Å². The Kier molecular flexibility index (Phi) is 1.93. The van der Waals surface area contributed by atoms with Crippen LogP contribution in [0.2, 0.25) is 5.02 Å². The van der Waals surface area contributed by atoms with Gasteiger partial charge in [0.25, 0.3) is 0 Å². The van der Waals surface area contributed by atoms with Crippen molar-refractivity contribution in [2.24, 2.45) is 0 Å². The summed E-state index contributed by atoms with van der Waals surface area (Å²) in [7, 11) is 0. The molecule has 12 heavy (non-hydrogen) atoms. The van der Waals surface area contributed by atoms with Crippen molar-refractivity contribution in [1.82, 2.24) is 4.98 Å². The van der Waals surface area contributed by atoms with Crippen molar-refractivity contribution in [3.8, 4) is 0 Å². The summed E-state index contributed by atoms with van der Waals surface area (Å²) >= 11 is 9.03. The molecular weight excluding hydrogens is 241 g/mol. The van der Waals surface area contributed by atoms with Crippen LogP contribution in [0.25, 0.3) is 0 Å². The second-order valence-electron chi connectivity index (χ2n) is 2.76. The lowest BCUT2D eigenvalue weighted by atomic mass is 10.2. The molecule has 0 saturated heterocycles. The van der Waals surface area contributed by atoms with Gasteiger partial charge in [-0.15, -0.1) is 0 Å². The van der Waals surface area contributed by atoms with Crippen LogP contribution in [-0.2, 0) is 17.6 Å². The lowest BCUT2D eigenvalue weighted by Crippen LogP contribution is -1.93. The SMILES string of the molecule is O=C1Cc2cc(Cl)c(Br)nc2C1. The van der Waals surface area contributed by atoms with Gasteiger partial charge in [0.05, 0.1) is 10.7 Å². The number of hydrogen-bond acceptors (Lipinski definition) is 2. The third-order valence-corrected chi connectivity index (χ3v) is 2.97. The minimum absolute atomic E-state index is 0.215. The first-order valence-corrected chi connectivity index (χ1v) is 4.69. The summed E-state index contributed by atoms with van der Waals surface area (Å²) in [5.41, 5.74) is 1.82. The van der Waals surface area contributed by atoms with Crippen LogP contribution >= 0.6 is 27.5 Å². The molecule has 1 aliphatic carbocycles. The van der Waals surface area contributed by atoms with Crippen molar-refractivity contribution in [1.29, 1.82) is 0 Å². The van der Waals surface area contributed by atoms with Crippen molar-refractivity contribution >= 4 is 33.3 Å². The van der Waals surface area contributed by atoms with Gasteiger partial charge in [0, 0.05) is 12.8 Å². The molecule has 0 atom stereocenters. The van der Waals surface area contributed by atoms with Gasteiger partial charge in [0.2, 0.25) is 0 Å². The Bertz CT molecular complexity index is 331. The molecule has 0 aromatic carbocycles. The molecule has 2 rings (SSSR count). The standard InChI is InChI=1S/C8H5BrClNO/c9-8-6(10)2-4-1-5(12)3-7(4)11-8/h2H,1,3H2. The van der Waals surface area contributed by atoms with E-state index in [-0.39, 0.29) is 5.78 Å². The van der Waals surface area contributed by atoms with E-state index in [0.717, 1.165) is 11.3 Å². The molecule has 4 heteroatoms. The Morgan fingerprint density at radius 1 is 1.50 bits per heavy atom. The van der Waals surface area contributed by atoms with Crippen LogP contribution < -0.4 is 0 Å². The highest BCUT2D eigenvalue weighted by molar-refractivity contribution is 9.10. The summed E-state index contributed by atoms with van der Waals surface area (Å²) in [5.74, 6) is 0.215. The average molecular weight is 246 g/mol. The third kappa shape index (κ3) is 1.27. The molecule has 1 aromatic heterocycles. The number of carbonyl (C=O) groups is 1. The van der Waals surface area contributed by atoms with Crippen LogP contribution in [0.15, 0.2) is 10.7 Å². The van der Waals surface area contributed by atoms with E-state index in [9.17, 15) is 4.79 Å². The van der Waals surface area contributed by atoms with Gasteiger partial charge in [0.15, 0.2) is 0 Å². The fourth-order valence-corrected chi connectivity index (χ4v) is 1.81. The molecule has 0 bridgehead atoms. The zero-order chi connectivity index (χ0) is 8.72. The third-order valence-electron chi connectivity index (χ3n) is 1.85. The fourth-order valence-electron chi connectivity index (χ4n) is 1.31. The van der Waals surface area contributed by atoms with Crippen LogP contribution in [0.5, 0.6) is 0 Å². The molecule has 0 radical (unpaired) electrons. The van der Waals surface area contributed by atoms with E-state index in [1.807, 2.05) is 0 Å². The topological polar surface area (TPSA) is 30.0 Å². The lowest BCUT2D eigenvalue weighted by Gasteiger charge is -1.99. The monoisotopic (exact) mass is 245 g/mol. The average Bonchev–Trinajstić information content (AvgIpc) is 2.30. The van der Waals surface area contributed by atoms with Gasteiger partial charge < -0.3 is 0 Å². The highest BCUT2D eigenvalue weighted by Gasteiger charge is 2.20. The minimum atomic E-state index is 0.215. The number of aromatic nitrogens is 1. The predicted molar refractivity (Wildman–Crippen MR) is 49.4 cm³/mol. The highest BCUT2D eigenvalue weighted by Crippen LogP contribution is 2.26. The highest BCUT2D eigenvalue weighted by atomic mass is 79.9. The largest absolute Gasteiger partial charge is 0.299 e. The number of ketones is 1. The number of hydrogen-bond donors (Lipinski definition) is 0. The molecule has 0 unspecified atom stereocenters. The van der Waals surface area contributed by atoms with E-state index in [2.05, 4.69) is 20.9 Å². The van der Waals surface area contributed by atoms with Crippen LogP contribution in [0.4, 0.5) is 0 Å². The van der Waals surface area contributed by atoms with Gasteiger partial charge in [-0.1, -0.05) is 11.6 Å². The van der Waals surface area contributed by atoms with Crippen molar-refractivity contribution in [3.05, 3.63) is 26.9 Å². The van der Waals surface area contributed by atoms with E-state index >= 15 is 0 Å². The van der Waals surface area contributed by atoms with Gasteiger partial charge >= 0.3 is 0 Å². The second-order valence-corrected chi connectivity index (χ2v) is 3.92. The summed E-state index contributed by atoms with van der Waals surface area (Å²) in [6.07, 6.45) is 0.931. The Morgan fingerprint density at radius 3 is 3.00 bits per heavy atom. The number of Topliss-reactive ketones (excluding diaryl/α,β-unsaturated/α-hetero) is 1. The van der Waals surface area contributed by atoms with E-state index in [1.54, 1.807) is 6.07 Å². The van der Waals surface area contributed by atoms with Gasteiger partial charge in [-0.3, -0.25) is 4.79 Å². The number of fused-ring (bicyclic) bond motifs is 1. The molecule has 0 spiro atoms. The number of carbonyl (C=O) groups excluding carboxylic acids is 1. The van der Waals surface area contributed by atoms with E-state index in [1.165, 1.54) is 0 Å². The quantitative estimate of drug-likeness (QED) is 0.657. The number of rotatable bonds is 0. The zero-order valence-corrected chi connectivity index (χ0v) is 8.44. The van der Waals surface area contributed by atoms with Crippen LogP contribution in [0.1, 0.15) is 11.3 Å². The van der Waals surface area contributed by atoms with Gasteiger partial charge in [0.1, 0.15) is 10.4 Å². The summed E-state index contributed by atoms with van der Waals surface area (Å²) < 4.78 is 0.623. The lowest BCUT2D eigenvalue weighted by molar-refractivity contribution is -0.117. The molecule has 2 nitrogen and oxygen atoms in total. The maximum absolute atomic E-state index is 11.0. The Balaban J connectivity index is 2.55. The van der Waals surface area contributed by atoms with Crippen molar-refractivity contribution in [3.63, 3.8) is 0 Å². The number of halogens is 2. The first kappa shape index (κ1) is 8.20. The first-order valence-electron chi connectivity index (χ1n) is 3.52.